The zero-order valence-corrected chi connectivity index (χ0v) is 13.2. The summed E-state index contributed by atoms with van der Waals surface area (Å²) in [6.07, 6.45) is -0.805. The van der Waals surface area contributed by atoms with Crippen LogP contribution < -0.4 is 5.32 Å². The van der Waals surface area contributed by atoms with Crippen LogP contribution in [0.15, 0.2) is 18.2 Å². The molecule has 0 spiro atoms. The molecule has 2 aliphatic rings. The van der Waals surface area contributed by atoms with Gasteiger partial charge in [0.15, 0.2) is 0 Å². The van der Waals surface area contributed by atoms with Gasteiger partial charge in [-0.3, -0.25) is 4.79 Å². The van der Waals surface area contributed by atoms with Crippen molar-refractivity contribution in [1.82, 2.24) is 10.2 Å². The SMILES string of the molecule is O=C(c1ccc(F)c(C(F)(F)F)c1)N1CCC(C2CCCN2)CC1. The van der Waals surface area contributed by atoms with Gasteiger partial charge in [0.1, 0.15) is 5.82 Å². The van der Waals surface area contributed by atoms with E-state index in [9.17, 15) is 22.4 Å². The second kappa shape index (κ2) is 6.70. The van der Waals surface area contributed by atoms with Crippen molar-refractivity contribution >= 4 is 5.91 Å². The molecule has 1 atom stereocenters. The molecular formula is C17H20F4N2O. The predicted molar refractivity (Wildman–Crippen MR) is 81.1 cm³/mol. The maximum Gasteiger partial charge on any atom is 0.419 e. The Bertz CT molecular complexity index is 603. The molecule has 2 fully saturated rings. The van der Waals surface area contributed by atoms with Crippen LogP contribution in [-0.2, 0) is 6.18 Å². The molecule has 1 N–H and O–H groups in total. The number of piperidine rings is 1. The van der Waals surface area contributed by atoms with Crippen molar-refractivity contribution in [2.75, 3.05) is 19.6 Å². The lowest BCUT2D eigenvalue weighted by Gasteiger charge is -2.35. The molecule has 1 amide bonds. The van der Waals surface area contributed by atoms with Gasteiger partial charge in [0, 0.05) is 24.7 Å². The summed E-state index contributed by atoms with van der Waals surface area (Å²) in [4.78, 5) is 14.0. The van der Waals surface area contributed by atoms with Crippen molar-refractivity contribution in [3.05, 3.63) is 35.1 Å². The Morgan fingerprint density at radius 1 is 1.17 bits per heavy atom. The minimum Gasteiger partial charge on any atom is -0.339 e. The van der Waals surface area contributed by atoms with E-state index < -0.39 is 23.5 Å². The molecule has 3 rings (SSSR count). The first kappa shape index (κ1) is 17.2. The Hall–Kier alpha value is -1.63. The molecule has 0 aromatic heterocycles. The van der Waals surface area contributed by atoms with Crippen LogP contribution in [0.25, 0.3) is 0 Å². The average Bonchev–Trinajstić information content (AvgIpc) is 3.08. The third-order valence-corrected chi connectivity index (χ3v) is 5.01. The summed E-state index contributed by atoms with van der Waals surface area (Å²) in [6.45, 7) is 2.08. The topological polar surface area (TPSA) is 32.3 Å². The minimum absolute atomic E-state index is 0.110. The Morgan fingerprint density at radius 2 is 1.88 bits per heavy atom. The van der Waals surface area contributed by atoms with Gasteiger partial charge in [-0.05, 0) is 56.3 Å². The molecule has 2 saturated heterocycles. The van der Waals surface area contributed by atoms with Gasteiger partial charge in [-0.15, -0.1) is 0 Å². The van der Waals surface area contributed by atoms with E-state index in [1.165, 1.54) is 6.42 Å². The molecule has 132 valence electrons. The number of carbonyl (C=O) groups is 1. The van der Waals surface area contributed by atoms with E-state index in [4.69, 9.17) is 0 Å². The molecule has 1 aromatic rings. The number of hydrogen-bond donors (Lipinski definition) is 1. The van der Waals surface area contributed by atoms with Crippen LogP contribution in [0.1, 0.15) is 41.6 Å². The van der Waals surface area contributed by atoms with Gasteiger partial charge in [-0.25, -0.2) is 4.39 Å². The molecule has 0 aliphatic carbocycles. The third kappa shape index (κ3) is 3.55. The highest BCUT2D eigenvalue weighted by atomic mass is 19.4. The standard InChI is InChI=1S/C17H20F4N2O/c18-14-4-3-12(10-13(14)17(19,20)21)16(24)23-8-5-11(6-9-23)15-2-1-7-22-15/h3-4,10-11,15,22H,1-2,5-9H2. The Kier molecular flexibility index (Phi) is 4.80. The van der Waals surface area contributed by atoms with E-state index in [-0.39, 0.29) is 5.56 Å². The second-order valence-corrected chi connectivity index (χ2v) is 6.52. The quantitative estimate of drug-likeness (QED) is 0.834. The molecule has 2 aliphatic heterocycles. The lowest BCUT2D eigenvalue weighted by molar-refractivity contribution is -0.140. The van der Waals surface area contributed by atoms with Crippen LogP contribution in [0.5, 0.6) is 0 Å². The summed E-state index contributed by atoms with van der Waals surface area (Å²) < 4.78 is 51.7. The van der Waals surface area contributed by atoms with Crippen molar-refractivity contribution in [2.24, 2.45) is 5.92 Å². The van der Waals surface area contributed by atoms with Crippen molar-refractivity contribution in [1.29, 1.82) is 0 Å². The number of alkyl halides is 3. The van der Waals surface area contributed by atoms with Crippen molar-refractivity contribution in [3.8, 4) is 0 Å². The van der Waals surface area contributed by atoms with Gasteiger partial charge < -0.3 is 10.2 Å². The third-order valence-electron chi connectivity index (χ3n) is 5.01. The van der Waals surface area contributed by atoms with Gasteiger partial charge >= 0.3 is 6.18 Å². The highest BCUT2D eigenvalue weighted by molar-refractivity contribution is 5.94. The second-order valence-electron chi connectivity index (χ2n) is 6.52. The molecule has 2 heterocycles. The van der Waals surface area contributed by atoms with Gasteiger partial charge in [0.25, 0.3) is 5.91 Å². The summed E-state index contributed by atoms with van der Waals surface area (Å²) in [6, 6.07) is 2.94. The van der Waals surface area contributed by atoms with E-state index in [0.717, 1.165) is 31.9 Å². The number of hydrogen-bond acceptors (Lipinski definition) is 2. The summed E-state index contributed by atoms with van der Waals surface area (Å²) >= 11 is 0. The number of nitrogens with zero attached hydrogens (tertiary/aromatic N) is 1. The Morgan fingerprint density at radius 3 is 2.46 bits per heavy atom. The van der Waals surface area contributed by atoms with Crippen LogP contribution in [0.2, 0.25) is 0 Å². The summed E-state index contributed by atoms with van der Waals surface area (Å²) in [5.41, 5.74) is -1.50. The molecule has 0 radical (unpaired) electrons. The number of rotatable bonds is 2. The average molecular weight is 344 g/mol. The number of amides is 1. The number of benzene rings is 1. The summed E-state index contributed by atoms with van der Waals surface area (Å²) in [7, 11) is 0. The first-order valence-electron chi connectivity index (χ1n) is 8.25. The molecular weight excluding hydrogens is 324 g/mol. The van der Waals surface area contributed by atoms with Gasteiger partial charge in [0.05, 0.1) is 5.56 Å². The van der Waals surface area contributed by atoms with Crippen molar-refractivity contribution in [2.45, 2.75) is 37.9 Å². The maximum absolute atomic E-state index is 13.3. The van der Waals surface area contributed by atoms with Crippen LogP contribution >= 0.6 is 0 Å². The fourth-order valence-electron chi connectivity index (χ4n) is 3.68. The number of halogens is 4. The van der Waals surface area contributed by atoms with Gasteiger partial charge in [-0.2, -0.15) is 13.2 Å². The summed E-state index contributed by atoms with van der Waals surface area (Å²) in [5, 5.41) is 3.46. The van der Waals surface area contributed by atoms with Gasteiger partial charge in [-0.1, -0.05) is 0 Å². The van der Waals surface area contributed by atoms with Crippen LogP contribution in [-0.4, -0.2) is 36.5 Å². The minimum atomic E-state index is -4.80. The molecule has 0 saturated carbocycles. The maximum atomic E-state index is 13.3. The zero-order chi connectivity index (χ0) is 17.3. The zero-order valence-electron chi connectivity index (χ0n) is 13.2. The Balaban J connectivity index is 1.67. The fraction of sp³-hybridized carbons (Fsp3) is 0.588. The monoisotopic (exact) mass is 344 g/mol. The first-order valence-corrected chi connectivity index (χ1v) is 8.25. The Labute approximate surface area is 138 Å². The molecule has 1 aromatic carbocycles. The van der Waals surface area contributed by atoms with Crippen molar-refractivity contribution < 1.29 is 22.4 Å². The molecule has 0 bridgehead atoms. The van der Waals surface area contributed by atoms with E-state index in [1.807, 2.05) is 0 Å². The lowest BCUT2D eigenvalue weighted by atomic mass is 9.88. The summed E-state index contributed by atoms with van der Waals surface area (Å²) in [5.74, 6) is -1.31. The van der Waals surface area contributed by atoms with E-state index >= 15 is 0 Å². The number of carbonyl (C=O) groups excluding carboxylic acids is 1. The van der Waals surface area contributed by atoms with Crippen molar-refractivity contribution in [3.63, 3.8) is 0 Å². The smallest absolute Gasteiger partial charge is 0.339 e. The molecule has 7 heteroatoms. The normalized spacial score (nSPS) is 22.8. The fourth-order valence-corrected chi connectivity index (χ4v) is 3.68. The number of likely N-dealkylation sites (tertiary alicyclic amines) is 1. The number of nitrogens with one attached hydrogen (secondary N) is 1. The van der Waals surface area contributed by atoms with E-state index in [1.54, 1.807) is 4.90 Å². The van der Waals surface area contributed by atoms with E-state index in [2.05, 4.69) is 5.32 Å². The van der Waals surface area contributed by atoms with Gasteiger partial charge in [0.2, 0.25) is 0 Å². The highest BCUT2D eigenvalue weighted by Gasteiger charge is 2.35. The predicted octanol–water partition coefficient (Wildman–Crippen LogP) is 3.45. The molecule has 1 unspecified atom stereocenters. The van der Waals surface area contributed by atoms with Crippen LogP contribution in [0, 0.1) is 11.7 Å². The lowest BCUT2D eigenvalue weighted by Crippen LogP contribution is -2.43. The molecule has 24 heavy (non-hydrogen) atoms. The first-order chi connectivity index (χ1) is 11.4. The van der Waals surface area contributed by atoms with Crippen LogP contribution in [0.4, 0.5) is 17.6 Å². The largest absolute Gasteiger partial charge is 0.419 e. The van der Waals surface area contributed by atoms with Crippen LogP contribution in [0.3, 0.4) is 0 Å². The highest BCUT2D eigenvalue weighted by Crippen LogP contribution is 2.32. The van der Waals surface area contributed by atoms with E-state index in [0.29, 0.717) is 37.2 Å². The molecule has 3 nitrogen and oxygen atoms in total.